The minimum atomic E-state index is 0.823. The van der Waals surface area contributed by atoms with Gasteiger partial charge in [0.1, 0.15) is 0 Å². The lowest BCUT2D eigenvalue weighted by Crippen LogP contribution is -2.28. The Morgan fingerprint density at radius 1 is 1.26 bits per heavy atom. The highest BCUT2D eigenvalue weighted by Crippen LogP contribution is 2.30. The molecule has 0 bridgehead atoms. The lowest BCUT2D eigenvalue weighted by molar-refractivity contribution is 0.362. The Hall–Kier alpha value is -0.730. The zero-order valence-electron chi connectivity index (χ0n) is 12.1. The molecule has 19 heavy (non-hydrogen) atoms. The van der Waals surface area contributed by atoms with E-state index in [0.717, 1.165) is 24.0 Å². The van der Waals surface area contributed by atoms with E-state index in [1.807, 2.05) is 19.2 Å². The lowest BCUT2D eigenvalue weighted by atomic mass is 9.89. The molecule has 1 N–H and O–H groups in total. The van der Waals surface area contributed by atoms with E-state index in [1.54, 1.807) is 0 Å². The van der Waals surface area contributed by atoms with E-state index in [1.165, 1.54) is 43.4 Å². The third kappa shape index (κ3) is 3.87. The fourth-order valence-electron chi connectivity index (χ4n) is 3.11. The number of benzene rings is 1. The van der Waals surface area contributed by atoms with Gasteiger partial charge in [0.25, 0.3) is 0 Å². The second-order valence-electron chi connectivity index (χ2n) is 5.65. The summed E-state index contributed by atoms with van der Waals surface area (Å²) in [5.74, 6) is 0.847. The van der Waals surface area contributed by atoms with Crippen molar-refractivity contribution in [3.05, 3.63) is 28.8 Å². The van der Waals surface area contributed by atoms with Crippen LogP contribution in [0.2, 0.25) is 5.02 Å². The molecule has 1 aromatic rings. The van der Waals surface area contributed by atoms with Gasteiger partial charge < -0.3 is 10.2 Å². The summed E-state index contributed by atoms with van der Waals surface area (Å²) in [5, 5.41) is 4.08. The van der Waals surface area contributed by atoms with Crippen LogP contribution in [0.25, 0.3) is 0 Å². The Morgan fingerprint density at radius 2 is 2.00 bits per heavy atom. The topological polar surface area (TPSA) is 15.3 Å². The van der Waals surface area contributed by atoms with Crippen LogP contribution in [0.3, 0.4) is 0 Å². The summed E-state index contributed by atoms with van der Waals surface area (Å²) in [6.07, 6.45) is 6.98. The number of nitrogens with one attached hydrogen (secondary N) is 1. The first-order chi connectivity index (χ1) is 9.22. The van der Waals surface area contributed by atoms with Crippen molar-refractivity contribution in [3.63, 3.8) is 0 Å². The van der Waals surface area contributed by atoms with Crippen LogP contribution < -0.4 is 10.2 Å². The highest BCUT2D eigenvalue weighted by atomic mass is 35.5. The van der Waals surface area contributed by atoms with Crippen LogP contribution in [0.5, 0.6) is 0 Å². The molecule has 0 unspecified atom stereocenters. The molecular formula is C16H25ClN2. The fourth-order valence-corrected chi connectivity index (χ4v) is 3.35. The minimum Gasteiger partial charge on any atom is -0.374 e. The quantitative estimate of drug-likeness (QED) is 0.874. The number of hydrogen-bond acceptors (Lipinski definition) is 2. The monoisotopic (exact) mass is 280 g/mol. The molecule has 0 radical (unpaired) electrons. The first kappa shape index (κ1) is 14.7. The average Bonchev–Trinajstić information content (AvgIpc) is 2.42. The van der Waals surface area contributed by atoms with Gasteiger partial charge in [-0.1, -0.05) is 36.9 Å². The third-order valence-corrected chi connectivity index (χ3v) is 4.47. The number of hydrogen-bond donors (Lipinski definition) is 1. The molecule has 0 spiro atoms. The van der Waals surface area contributed by atoms with E-state index < -0.39 is 0 Å². The molecule has 1 aromatic carbocycles. The molecule has 2 rings (SSSR count). The van der Waals surface area contributed by atoms with Gasteiger partial charge in [0.15, 0.2) is 0 Å². The van der Waals surface area contributed by atoms with Crippen molar-refractivity contribution in [1.29, 1.82) is 0 Å². The van der Waals surface area contributed by atoms with Crippen LogP contribution in [-0.4, -0.2) is 20.6 Å². The summed E-state index contributed by atoms with van der Waals surface area (Å²) < 4.78 is 0. The van der Waals surface area contributed by atoms with E-state index in [2.05, 4.69) is 23.3 Å². The molecule has 1 saturated carbocycles. The molecule has 1 aliphatic rings. The van der Waals surface area contributed by atoms with Crippen LogP contribution in [0.4, 0.5) is 5.69 Å². The van der Waals surface area contributed by atoms with E-state index in [9.17, 15) is 0 Å². The van der Waals surface area contributed by atoms with Gasteiger partial charge in [-0.05, 0) is 37.9 Å². The van der Waals surface area contributed by atoms with Crippen molar-refractivity contribution < 1.29 is 0 Å². The minimum absolute atomic E-state index is 0.823. The molecule has 0 heterocycles. The van der Waals surface area contributed by atoms with Crippen molar-refractivity contribution in [2.45, 2.75) is 38.6 Å². The van der Waals surface area contributed by atoms with Crippen molar-refractivity contribution in [3.8, 4) is 0 Å². The molecule has 1 fully saturated rings. The molecule has 0 saturated heterocycles. The van der Waals surface area contributed by atoms with E-state index in [-0.39, 0.29) is 0 Å². The molecule has 3 heteroatoms. The van der Waals surface area contributed by atoms with Crippen molar-refractivity contribution >= 4 is 17.3 Å². The standard InChI is InChI=1S/C16H25ClN2/c1-18-11-14-15(17)9-6-10-16(14)19(2)12-13-7-4-3-5-8-13/h6,9-10,13,18H,3-5,7-8,11-12H2,1-2H3. The van der Waals surface area contributed by atoms with Crippen LogP contribution in [-0.2, 0) is 6.54 Å². The molecule has 2 nitrogen and oxygen atoms in total. The Kier molecular flexibility index (Phi) is 5.53. The van der Waals surface area contributed by atoms with Gasteiger partial charge in [0.05, 0.1) is 0 Å². The second-order valence-corrected chi connectivity index (χ2v) is 6.06. The van der Waals surface area contributed by atoms with Gasteiger partial charge in [-0.2, -0.15) is 0 Å². The van der Waals surface area contributed by atoms with Crippen LogP contribution >= 0.6 is 11.6 Å². The number of anilines is 1. The Bertz CT molecular complexity index is 400. The molecule has 106 valence electrons. The van der Waals surface area contributed by atoms with Gasteiger partial charge in [-0.15, -0.1) is 0 Å². The average molecular weight is 281 g/mol. The van der Waals surface area contributed by atoms with Crippen molar-refractivity contribution in [1.82, 2.24) is 5.32 Å². The number of rotatable bonds is 5. The van der Waals surface area contributed by atoms with Crippen LogP contribution in [0, 0.1) is 5.92 Å². The molecule has 0 atom stereocenters. The zero-order chi connectivity index (χ0) is 13.7. The highest BCUT2D eigenvalue weighted by Gasteiger charge is 2.17. The lowest BCUT2D eigenvalue weighted by Gasteiger charge is -2.30. The van der Waals surface area contributed by atoms with Gasteiger partial charge in [-0.25, -0.2) is 0 Å². The molecule has 0 aliphatic heterocycles. The molecule has 1 aliphatic carbocycles. The van der Waals surface area contributed by atoms with E-state index in [0.29, 0.717) is 0 Å². The summed E-state index contributed by atoms with van der Waals surface area (Å²) in [6.45, 7) is 1.97. The first-order valence-electron chi connectivity index (χ1n) is 7.35. The maximum atomic E-state index is 6.33. The van der Waals surface area contributed by atoms with Gasteiger partial charge in [0, 0.05) is 36.4 Å². The highest BCUT2D eigenvalue weighted by molar-refractivity contribution is 6.31. The summed E-state index contributed by atoms with van der Waals surface area (Å²) >= 11 is 6.33. The smallest absolute Gasteiger partial charge is 0.0471 e. The summed E-state index contributed by atoms with van der Waals surface area (Å²) in [4.78, 5) is 2.38. The Morgan fingerprint density at radius 3 is 2.68 bits per heavy atom. The predicted octanol–water partition coefficient (Wildman–Crippen LogP) is 4.08. The Balaban J connectivity index is 2.08. The Labute approximate surface area is 122 Å². The van der Waals surface area contributed by atoms with Gasteiger partial charge in [0.2, 0.25) is 0 Å². The number of nitrogens with zero attached hydrogens (tertiary/aromatic N) is 1. The van der Waals surface area contributed by atoms with Crippen molar-refractivity contribution in [2.75, 3.05) is 25.5 Å². The van der Waals surface area contributed by atoms with Crippen LogP contribution in [0.15, 0.2) is 18.2 Å². The maximum absolute atomic E-state index is 6.33. The predicted molar refractivity (Wildman–Crippen MR) is 84.1 cm³/mol. The van der Waals surface area contributed by atoms with E-state index >= 15 is 0 Å². The van der Waals surface area contributed by atoms with Crippen LogP contribution in [0.1, 0.15) is 37.7 Å². The summed E-state index contributed by atoms with van der Waals surface area (Å²) in [5.41, 5.74) is 2.48. The zero-order valence-corrected chi connectivity index (χ0v) is 12.8. The molecular weight excluding hydrogens is 256 g/mol. The van der Waals surface area contributed by atoms with E-state index in [4.69, 9.17) is 11.6 Å². The second kappa shape index (κ2) is 7.16. The van der Waals surface area contributed by atoms with Gasteiger partial charge in [-0.3, -0.25) is 0 Å². The van der Waals surface area contributed by atoms with Gasteiger partial charge >= 0.3 is 0 Å². The fraction of sp³-hybridized carbons (Fsp3) is 0.625. The summed E-state index contributed by atoms with van der Waals surface area (Å²) in [7, 11) is 4.16. The SMILES string of the molecule is CNCc1c(Cl)cccc1N(C)CC1CCCCC1. The molecule has 0 amide bonds. The number of halogens is 1. The molecule has 0 aromatic heterocycles. The maximum Gasteiger partial charge on any atom is 0.0471 e. The third-order valence-electron chi connectivity index (χ3n) is 4.12. The largest absolute Gasteiger partial charge is 0.374 e. The first-order valence-corrected chi connectivity index (χ1v) is 7.73. The van der Waals surface area contributed by atoms with Crippen molar-refractivity contribution in [2.24, 2.45) is 5.92 Å². The summed E-state index contributed by atoms with van der Waals surface area (Å²) in [6, 6.07) is 6.21. The normalized spacial score (nSPS) is 16.6.